The number of aromatic nitrogens is 4. The molecule has 224 valence electrons. The Labute approximate surface area is 275 Å². The Morgan fingerprint density at radius 1 is 0.638 bits per heavy atom. The Morgan fingerprint density at radius 3 is 2.34 bits per heavy atom. The fourth-order valence-electron chi connectivity index (χ4n) is 7.47. The van der Waals surface area contributed by atoms with Crippen molar-refractivity contribution in [3.63, 3.8) is 0 Å². The van der Waals surface area contributed by atoms with Crippen molar-refractivity contribution >= 4 is 61.0 Å². The van der Waals surface area contributed by atoms with Crippen molar-refractivity contribution in [2.75, 3.05) is 0 Å². The van der Waals surface area contributed by atoms with Crippen LogP contribution < -0.4 is 4.74 Å². The maximum absolute atomic E-state index is 6.57. The van der Waals surface area contributed by atoms with Gasteiger partial charge in [0.1, 0.15) is 22.8 Å². The summed E-state index contributed by atoms with van der Waals surface area (Å²) < 4.78 is 11.0. The number of rotatable bonds is 3. The molecule has 5 heterocycles. The number of pyridine rings is 2. The van der Waals surface area contributed by atoms with Crippen LogP contribution in [0.15, 0.2) is 144 Å². The molecule has 0 atom stereocenters. The van der Waals surface area contributed by atoms with Crippen LogP contribution in [0.3, 0.4) is 0 Å². The number of hydrogen-bond acceptors (Lipinski definition) is 4. The lowest BCUT2D eigenvalue weighted by atomic mass is 9.78. The highest BCUT2D eigenvalue weighted by Gasteiger charge is 2.35. The minimum atomic E-state index is -0.149. The van der Waals surface area contributed by atoms with Gasteiger partial charge in [-0.2, -0.15) is 0 Å². The maximum Gasteiger partial charge on any atom is 0.146 e. The molecule has 1 aliphatic heterocycles. The Balaban J connectivity index is 1.11. The fraction of sp³-hybridized carbons (Fsp3) is 0.0732. The average molecular weight is 625 g/mol. The van der Waals surface area contributed by atoms with E-state index in [9.17, 15) is 0 Å². The molecular formula is C41H28N4OS. The molecule has 0 saturated heterocycles. The molecule has 9 aromatic rings. The summed E-state index contributed by atoms with van der Waals surface area (Å²) in [6.07, 6.45) is 5.96. The quantitative estimate of drug-likeness (QED) is 0.184. The average Bonchev–Trinajstić information content (AvgIpc) is 3.73. The molecule has 5 nitrogen and oxygen atoms in total. The molecule has 0 N–H and O–H groups in total. The molecule has 5 aromatic carbocycles. The number of hydrogen-bond donors (Lipinski definition) is 0. The number of imidazole rings is 1. The lowest BCUT2D eigenvalue weighted by Crippen LogP contribution is -2.24. The van der Waals surface area contributed by atoms with Crippen molar-refractivity contribution in [2.24, 2.45) is 0 Å². The third kappa shape index (κ3) is 3.79. The van der Waals surface area contributed by atoms with Gasteiger partial charge in [0, 0.05) is 61.4 Å². The number of benzene rings is 5. The summed E-state index contributed by atoms with van der Waals surface area (Å²) in [7, 11) is 0. The zero-order valence-corrected chi connectivity index (χ0v) is 26.6. The minimum Gasteiger partial charge on any atom is -0.457 e. The second-order valence-electron chi connectivity index (χ2n) is 12.7. The van der Waals surface area contributed by atoms with E-state index in [-0.39, 0.29) is 5.41 Å². The highest BCUT2D eigenvalue weighted by Crippen LogP contribution is 2.52. The van der Waals surface area contributed by atoms with Crippen LogP contribution in [0.25, 0.3) is 54.9 Å². The van der Waals surface area contributed by atoms with Gasteiger partial charge in [0.15, 0.2) is 0 Å². The van der Waals surface area contributed by atoms with Gasteiger partial charge in [0.25, 0.3) is 0 Å². The maximum atomic E-state index is 6.57. The molecule has 4 aromatic heterocycles. The normalized spacial score (nSPS) is 13.8. The molecule has 0 amide bonds. The van der Waals surface area contributed by atoms with Crippen LogP contribution in [0.2, 0.25) is 0 Å². The Bertz CT molecular complexity index is 2740. The van der Waals surface area contributed by atoms with Crippen molar-refractivity contribution in [2.45, 2.75) is 29.1 Å². The topological polar surface area (TPSA) is 44.4 Å². The Morgan fingerprint density at radius 2 is 1.43 bits per heavy atom. The first-order valence-electron chi connectivity index (χ1n) is 15.8. The number of para-hydroxylation sites is 2. The van der Waals surface area contributed by atoms with E-state index in [4.69, 9.17) is 14.7 Å². The zero-order valence-electron chi connectivity index (χ0n) is 25.8. The summed E-state index contributed by atoms with van der Waals surface area (Å²) in [5, 5.41) is 5.80. The largest absolute Gasteiger partial charge is 0.457 e. The molecule has 1 aliphatic rings. The van der Waals surface area contributed by atoms with E-state index in [1.165, 1.54) is 37.1 Å². The van der Waals surface area contributed by atoms with E-state index in [0.717, 1.165) is 50.3 Å². The van der Waals surface area contributed by atoms with E-state index in [2.05, 4.69) is 132 Å². The van der Waals surface area contributed by atoms with Gasteiger partial charge in [0.2, 0.25) is 0 Å². The lowest BCUT2D eigenvalue weighted by molar-refractivity contribution is 0.483. The molecule has 0 fully saturated rings. The first-order valence-corrected chi connectivity index (χ1v) is 16.6. The standard InChI is InChI=1S/C41H28N4OS/c1-41(2)32-14-5-8-17-36(32)47-38-33(41)24-43-40-37(38)30-13-4-7-16-35(30)45(40)25-10-9-11-26(22-25)46-27-18-19-28-29-12-3-6-15-34(29)44-21-20-42-39(44)31(28)23-27/h3-24H,1-2H3. The van der Waals surface area contributed by atoms with Crippen molar-refractivity contribution in [3.05, 3.63) is 145 Å². The van der Waals surface area contributed by atoms with Crippen molar-refractivity contribution in [1.29, 1.82) is 0 Å². The van der Waals surface area contributed by atoms with E-state index < -0.39 is 0 Å². The molecule has 0 saturated carbocycles. The molecule has 0 radical (unpaired) electrons. The van der Waals surface area contributed by atoms with E-state index in [1.54, 1.807) is 0 Å². The zero-order chi connectivity index (χ0) is 31.3. The molecule has 10 rings (SSSR count). The number of nitrogens with zero attached hydrogens (tertiary/aromatic N) is 4. The van der Waals surface area contributed by atoms with E-state index >= 15 is 0 Å². The van der Waals surface area contributed by atoms with Gasteiger partial charge in [-0.1, -0.05) is 86.3 Å². The SMILES string of the molecule is CC1(C)c2ccccc2Sc2c1cnc1c2c2ccccc2n1-c1cccc(Oc2ccc3c4ccccc4n4ccnc4c3c2)c1. The van der Waals surface area contributed by atoms with E-state index in [1.807, 2.05) is 36.3 Å². The first-order chi connectivity index (χ1) is 23.1. The van der Waals surface area contributed by atoms with Crippen molar-refractivity contribution in [1.82, 2.24) is 18.9 Å². The fourth-order valence-corrected chi connectivity index (χ4v) is 8.99. The molecule has 0 aliphatic carbocycles. The molecule has 0 unspecified atom stereocenters. The van der Waals surface area contributed by atoms with Crippen LogP contribution in [0.1, 0.15) is 25.0 Å². The minimum absolute atomic E-state index is 0.149. The van der Waals surface area contributed by atoms with E-state index in [0.29, 0.717) is 0 Å². The molecule has 0 bridgehead atoms. The van der Waals surface area contributed by atoms with Gasteiger partial charge in [-0.15, -0.1) is 0 Å². The summed E-state index contributed by atoms with van der Waals surface area (Å²) in [6.45, 7) is 4.62. The highest BCUT2D eigenvalue weighted by atomic mass is 32.2. The third-order valence-electron chi connectivity index (χ3n) is 9.72. The first kappa shape index (κ1) is 26.6. The predicted octanol–water partition coefficient (Wildman–Crippen LogP) is 10.7. The Kier molecular flexibility index (Phi) is 5.50. The molecule has 6 heteroatoms. The van der Waals surface area contributed by atoms with Crippen LogP contribution in [0.5, 0.6) is 11.5 Å². The summed E-state index contributed by atoms with van der Waals surface area (Å²) in [5.41, 5.74) is 7.60. The van der Waals surface area contributed by atoms with Gasteiger partial charge in [-0.05, 0) is 65.0 Å². The van der Waals surface area contributed by atoms with Crippen LogP contribution in [0, 0.1) is 0 Å². The molecule has 0 spiro atoms. The predicted molar refractivity (Wildman–Crippen MR) is 192 cm³/mol. The van der Waals surface area contributed by atoms with Gasteiger partial charge in [0.05, 0.1) is 16.7 Å². The van der Waals surface area contributed by atoms with Crippen LogP contribution in [-0.4, -0.2) is 18.9 Å². The van der Waals surface area contributed by atoms with Gasteiger partial charge in [-0.25, -0.2) is 9.97 Å². The van der Waals surface area contributed by atoms with Crippen LogP contribution in [0.4, 0.5) is 0 Å². The number of fused-ring (bicyclic) bond motifs is 12. The van der Waals surface area contributed by atoms with Gasteiger partial charge in [-0.3, -0.25) is 8.97 Å². The van der Waals surface area contributed by atoms with Gasteiger partial charge >= 0.3 is 0 Å². The van der Waals surface area contributed by atoms with Crippen molar-refractivity contribution in [3.8, 4) is 17.2 Å². The summed E-state index contributed by atoms with van der Waals surface area (Å²) in [6, 6.07) is 40.4. The highest BCUT2D eigenvalue weighted by molar-refractivity contribution is 7.99. The van der Waals surface area contributed by atoms with Crippen molar-refractivity contribution < 1.29 is 4.74 Å². The summed E-state index contributed by atoms with van der Waals surface area (Å²) in [5.74, 6) is 1.52. The molecular weight excluding hydrogens is 597 g/mol. The van der Waals surface area contributed by atoms with Crippen LogP contribution in [-0.2, 0) is 5.41 Å². The van der Waals surface area contributed by atoms with Gasteiger partial charge < -0.3 is 4.74 Å². The monoisotopic (exact) mass is 624 g/mol. The second-order valence-corrected chi connectivity index (χ2v) is 13.8. The smallest absolute Gasteiger partial charge is 0.146 e. The molecule has 47 heavy (non-hydrogen) atoms. The summed E-state index contributed by atoms with van der Waals surface area (Å²) >= 11 is 1.86. The van der Waals surface area contributed by atoms with Crippen LogP contribution >= 0.6 is 11.8 Å². The summed E-state index contributed by atoms with van der Waals surface area (Å²) in [4.78, 5) is 12.5. The Hall–Kier alpha value is -5.59. The third-order valence-corrected chi connectivity index (χ3v) is 10.9. The lowest BCUT2D eigenvalue weighted by Gasteiger charge is -2.34. The number of ether oxygens (including phenoxy) is 1. The second kappa shape index (κ2) is 9.71.